The first-order valence-electron chi connectivity index (χ1n) is 3.20. The average molecular weight is 162 g/mol. The monoisotopic (exact) mass is 162 g/mol. The van der Waals surface area contributed by atoms with Crippen LogP contribution in [0.4, 0.5) is 5.95 Å². The Bertz CT molecular complexity index is 409. The fourth-order valence-corrected chi connectivity index (χ4v) is 0.840. The predicted octanol–water partition coefficient (Wildman–Crippen LogP) is -0.507. The van der Waals surface area contributed by atoms with Crippen molar-refractivity contribution in [2.75, 3.05) is 5.32 Å². The van der Waals surface area contributed by atoms with Crippen LogP contribution in [-0.2, 0) is 4.79 Å². The summed E-state index contributed by atoms with van der Waals surface area (Å²) in [6.07, 6.45) is 3.12. The van der Waals surface area contributed by atoms with Gasteiger partial charge in [-0.3, -0.25) is 10.1 Å². The third-order valence-electron chi connectivity index (χ3n) is 1.32. The zero-order valence-electron chi connectivity index (χ0n) is 5.93. The molecule has 1 N–H and O–H groups in total. The molecule has 59 valence electrons. The predicted molar refractivity (Wildman–Crippen MR) is 39.3 cm³/mol. The second-order valence-corrected chi connectivity index (χ2v) is 2.02. The third-order valence-corrected chi connectivity index (χ3v) is 1.32. The summed E-state index contributed by atoms with van der Waals surface area (Å²) in [7, 11) is 0. The minimum absolute atomic E-state index is 0.289. The van der Waals surface area contributed by atoms with Crippen LogP contribution < -0.4 is 5.32 Å². The van der Waals surface area contributed by atoms with Crippen LogP contribution in [-0.4, -0.2) is 26.2 Å². The maximum atomic E-state index is 10.1. The molecule has 0 unspecified atom stereocenters. The van der Waals surface area contributed by atoms with Crippen molar-refractivity contribution in [3.63, 3.8) is 0 Å². The van der Waals surface area contributed by atoms with E-state index in [2.05, 4.69) is 26.8 Å². The molecular formula is C6H4N5O. The van der Waals surface area contributed by atoms with E-state index < -0.39 is 0 Å². The maximum absolute atomic E-state index is 10.1. The molecule has 6 heteroatoms. The number of aromatic nitrogens is 4. The normalized spacial score (nSPS) is 10.0. The van der Waals surface area contributed by atoms with Gasteiger partial charge in [-0.05, 0) is 12.1 Å². The first kappa shape index (κ1) is 6.71. The molecule has 0 aliphatic heterocycles. The fraction of sp³-hybridized carbons (Fsp3) is 0. The summed E-state index contributed by atoms with van der Waals surface area (Å²) in [5.41, 5.74) is 0.568. The Morgan fingerprint density at radius 3 is 3.33 bits per heavy atom. The molecule has 6 nitrogen and oxygen atoms in total. The summed E-state index contributed by atoms with van der Waals surface area (Å²) >= 11 is 0. The quantitative estimate of drug-likeness (QED) is 0.604. The van der Waals surface area contributed by atoms with E-state index in [0.29, 0.717) is 12.1 Å². The molecule has 1 radical (unpaired) electrons. The molecule has 0 aliphatic carbocycles. The molecule has 0 saturated carbocycles. The minimum Gasteiger partial charge on any atom is -0.296 e. The molecular weight excluding hydrogens is 158 g/mol. The van der Waals surface area contributed by atoms with E-state index in [4.69, 9.17) is 0 Å². The van der Waals surface area contributed by atoms with E-state index in [1.807, 2.05) is 0 Å². The smallest absolute Gasteiger partial charge is 0.252 e. The van der Waals surface area contributed by atoms with E-state index in [1.54, 1.807) is 12.1 Å². The highest BCUT2D eigenvalue weighted by Gasteiger charge is 2.02. The van der Waals surface area contributed by atoms with Crippen LogP contribution >= 0.6 is 0 Å². The van der Waals surface area contributed by atoms with Crippen LogP contribution in [0.2, 0.25) is 0 Å². The molecule has 0 atom stereocenters. The third kappa shape index (κ3) is 0.895. The van der Waals surface area contributed by atoms with E-state index in [9.17, 15) is 4.79 Å². The van der Waals surface area contributed by atoms with E-state index >= 15 is 0 Å². The van der Waals surface area contributed by atoms with Crippen molar-refractivity contribution in [1.82, 2.24) is 19.8 Å². The first-order valence-corrected chi connectivity index (χ1v) is 3.20. The van der Waals surface area contributed by atoms with Crippen molar-refractivity contribution >= 4 is 18.0 Å². The molecule has 2 heterocycles. The zero-order chi connectivity index (χ0) is 8.39. The van der Waals surface area contributed by atoms with Gasteiger partial charge in [-0.2, -0.15) is 9.61 Å². The van der Waals surface area contributed by atoms with E-state index in [0.717, 1.165) is 0 Å². The van der Waals surface area contributed by atoms with Gasteiger partial charge in [0.1, 0.15) is 6.20 Å². The molecule has 12 heavy (non-hydrogen) atoms. The van der Waals surface area contributed by atoms with Crippen LogP contribution in [0.1, 0.15) is 0 Å². The van der Waals surface area contributed by atoms with Gasteiger partial charge in [0.15, 0.2) is 5.65 Å². The Balaban J connectivity index is 2.62. The SMILES string of the molecule is O=CNc1nnc2cc[c]nn12. The van der Waals surface area contributed by atoms with Gasteiger partial charge in [-0.1, -0.05) is 0 Å². The standard InChI is InChI=1S/C6H4N5O/c12-4-7-6-10-9-5-2-1-3-8-11(5)6/h1-2,4H,(H,7,10,12). The Morgan fingerprint density at radius 1 is 1.58 bits per heavy atom. The van der Waals surface area contributed by atoms with Crippen molar-refractivity contribution in [3.8, 4) is 0 Å². The van der Waals surface area contributed by atoms with Crippen molar-refractivity contribution in [3.05, 3.63) is 18.3 Å². The molecule has 2 rings (SSSR count). The van der Waals surface area contributed by atoms with Gasteiger partial charge in [0.2, 0.25) is 6.41 Å². The Hall–Kier alpha value is -1.98. The van der Waals surface area contributed by atoms with E-state index in [-0.39, 0.29) is 5.95 Å². The lowest BCUT2D eigenvalue weighted by Crippen LogP contribution is -2.01. The minimum atomic E-state index is 0.289. The van der Waals surface area contributed by atoms with Crippen LogP contribution in [0.25, 0.3) is 5.65 Å². The highest BCUT2D eigenvalue weighted by Crippen LogP contribution is 2.02. The molecule has 0 saturated heterocycles. The number of rotatable bonds is 2. The highest BCUT2D eigenvalue weighted by molar-refractivity contribution is 5.67. The van der Waals surface area contributed by atoms with Crippen LogP contribution in [0.5, 0.6) is 0 Å². The summed E-state index contributed by atoms with van der Waals surface area (Å²) in [4.78, 5) is 10.1. The largest absolute Gasteiger partial charge is 0.296 e. The highest BCUT2D eigenvalue weighted by atomic mass is 16.1. The van der Waals surface area contributed by atoms with Crippen LogP contribution in [0.15, 0.2) is 12.1 Å². The number of hydrogen-bond donors (Lipinski definition) is 1. The Labute approximate surface area is 67.2 Å². The van der Waals surface area contributed by atoms with Gasteiger partial charge in [0, 0.05) is 0 Å². The number of amides is 1. The summed E-state index contributed by atoms with van der Waals surface area (Å²) in [6, 6.07) is 3.31. The second-order valence-electron chi connectivity index (χ2n) is 2.02. The number of carbonyl (C=O) groups is 1. The number of nitrogens with zero attached hydrogens (tertiary/aromatic N) is 4. The topological polar surface area (TPSA) is 72.2 Å². The molecule has 0 bridgehead atoms. The molecule has 1 amide bonds. The van der Waals surface area contributed by atoms with Crippen molar-refractivity contribution in [2.45, 2.75) is 0 Å². The molecule has 0 aromatic carbocycles. The zero-order valence-corrected chi connectivity index (χ0v) is 5.93. The van der Waals surface area contributed by atoms with Gasteiger partial charge >= 0.3 is 0 Å². The lowest BCUT2D eigenvalue weighted by atomic mass is 10.6. The lowest BCUT2D eigenvalue weighted by Gasteiger charge is -1.92. The first-order chi connectivity index (χ1) is 5.92. The van der Waals surface area contributed by atoms with E-state index in [1.165, 1.54) is 4.52 Å². The molecule has 0 fully saturated rings. The fourth-order valence-electron chi connectivity index (χ4n) is 0.840. The summed E-state index contributed by atoms with van der Waals surface area (Å²) in [5, 5.41) is 13.6. The number of anilines is 1. The van der Waals surface area contributed by atoms with Crippen LogP contribution in [0, 0.1) is 6.20 Å². The Kier molecular flexibility index (Phi) is 1.44. The summed E-state index contributed by atoms with van der Waals surface area (Å²) < 4.78 is 1.38. The molecule has 2 aromatic heterocycles. The number of hydrogen-bond acceptors (Lipinski definition) is 4. The summed E-state index contributed by atoms with van der Waals surface area (Å²) in [5.74, 6) is 0.289. The Morgan fingerprint density at radius 2 is 2.50 bits per heavy atom. The summed E-state index contributed by atoms with van der Waals surface area (Å²) in [6.45, 7) is 0. The average Bonchev–Trinajstić information content (AvgIpc) is 2.50. The van der Waals surface area contributed by atoms with Gasteiger partial charge in [-0.15, -0.1) is 10.2 Å². The molecule has 0 spiro atoms. The van der Waals surface area contributed by atoms with Gasteiger partial charge in [-0.25, -0.2) is 0 Å². The number of nitrogens with one attached hydrogen (secondary N) is 1. The lowest BCUT2D eigenvalue weighted by molar-refractivity contribution is -0.105. The van der Waals surface area contributed by atoms with Crippen molar-refractivity contribution in [2.24, 2.45) is 0 Å². The van der Waals surface area contributed by atoms with Gasteiger partial charge < -0.3 is 0 Å². The second kappa shape index (κ2) is 2.57. The molecule has 0 aliphatic rings. The maximum Gasteiger partial charge on any atom is 0.252 e. The van der Waals surface area contributed by atoms with Gasteiger partial charge in [0.05, 0.1) is 0 Å². The van der Waals surface area contributed by atoms with Gasteiger partial charge in [0.25, 0.3) is 5.95 Å². The number of carbonyl (C=O) groups excluding carboxylic acids is 1. The van der Waals surface area contributed by atoms with Crippen molar-refractivity contribution < 1.29 is 4.79 Å². The molecule has 2 aromatic rings. The number of fused-ring (bicyclic) bond motifs is 1. The van der Waals surface area contributed by atoms with Crippen LogP contribution in [0.3, 0.4) is 0 Å². The van der Waals surface area contributed by atoms with Crippen molar-refractivity contribution in [1.29, 1.82) is 0 Å².